The van der Waals surface area contributed by atoms with Gasteiger partial charge >= 0.3 is 0 Å². The minimum absolute atomic E-state index is 0.0843. The summed E-state index contributed by atoms with van der Waals surface area (Å²) < 4.78 is 0. The van der Waals surface area contributed by atoms with E-state index in [9.17, 15) is 4.79 Å². The zero-order valence-corrected chi connectivity index (χ0v) is 13.0. The first kappa shape index (κ1) is 14.8. The van der Waals surface area contributed by atoms with Crippen molar-refractivity contribution in [3.8, 4) is 0 Å². The molecule has 1 aromatic rings. The predicted octanol–water partition coefficient (Wildman–Crippen LogP) is 2.39. The summed E-state index contributed by atoms with van der Waals surface area (Å²) in [7, 11) is 3.93. The van der Waals surface area contributed by atoms with Gasteiger partial charge in [-0.3, -0.25) is 4.79 Å². The first-order valence-electron chi connectivity index (χ1n) is 6.74. The average Bonchev–Trinajstić information content (AvgIpc) is 2.34. The molecule has 0 atom stereocenters. The molecule has 0 radical (unpaired) electrons. The smallest absolute Gasteiger partial charge is 0.237 e. The van der Waals surface area contributed by atoms with Crippen LogP contribution in [-0.2, 0) is 4.79 Å². The maximum atomic E-state index is 12.5. The van der Waals surface area contributed by atoms with Gasteiger partial charge in [0.05, 0.1) is 10.4 Å². The quantitative estimate of drug-likeness (QED) is 0.836. The molecule has 0 heterocycles. The number of rotatable bonds is 4. The van der Waals surface area contributed by atoms with Gasteiger partial charge in [0.25, 0.3) is 0 Å². The molecule has 0 aromatic heterocycles. The second-order valence-corrected chi connectivity index (χ2v) is 6.30. The topological polar surface area (TPSA) is 58.4 Å². The zero-order chi connectivity index (χ0) is 14.9. The number of amides is 1. The van der Waals surface area contributed by atoms with E-state index in [1.165, 1.54) is 0 Å². The van der Waals surface area contributed by atoms with Crippen LogP contribution in [0.5, 0.6) is 0 Å². The van der Waals surface area contributed by atoms with Crippen LogP contribution in [-0.4, -0.2) is 25.0 Å². The lowest BCUT2D eigenvalue weighted by Crippen LogP contribution is -2.53. The van der Waals surface area contributed by atoms with E-state index < -0.39 is 5.41 Å². The van der Waals surface area contributed by atoms with Gasteiger partial charge in [0.15, 0.2) is 0 Å². The molecule has 3 N–H and O–H groups in total. The molecule has 2 rings (SSSR count). The van der Waals surface area contributed by atoms with Gasteiger partial charge in [-0.1, -0.05) is 25.2 Å². The molecule has 0 saturated heterocycles. The molecule has 4 nitrogen and oxygen atoms in total. The van der Waals surface area contributed by atoms with Crippen LogP contribution >= 0.6 is 12.2 Å². The zero-order valence-electron chi connectivity index (χ0n) is 12.1. The summed E-state index contributed by atoms with van der Waals surface area (Å²) in [5, 5.41) is 2.95. The Bertz CT molecular complexity index is 536. The van der Waals surface area contributed by atoms with E-state index in [4.69, 9.17) is 18.0 Å². The summed E-state index contributed by atoms with van der Waals surface area (Å²) in [5.41, 5.74) is 6.94. The van der Waals surface area contributed by atoms with Crippen LogP contribution in [0.15, 0.2) is 24.3 Å². The van der Waals surface area contributed by atoms with Gasteiger partial charge in [0, 0.05) is 25.5 Å². The number of nitrogens with one attached hydrogen (secondary N) is 1. The van der Waals surface area contributed by atoms with Gasteiger partial charge < -0.3 is 16.0 Å². The van der Waals surface area contributed by atoms with Gasteiger partial charge in [-0.25, -0.2) is 0 Å². The van der Waals surface area contributed by atoms with Gasteiger partial charge in [0.1, 0.15) is 0 Å². The van der Waals surface area contributed by atoms with Gasteiger partial charge in [-0.15, -0.1) is 0 Å². The number of hydrogen-bond acceptors (Lipinski definition) is 3. The Balaban J connectivity index is 2.15. The van der Waals surface area contributed by atoms with Crippen molar-refractivity contribution in [3.63, 3.8) is 0 Å². The Morgan fingerprint density at radius 1 is 1.45 bits per heavy atom. The van der Waals surface area contributed by atoms with Crippen LogP contribution < -0.4 is 16.0 Å². The summed E-state index contributed by atoms with van der Waals surface area (Å²) in [5.74, 6) is 0.411. The third-order valence-electron chi connectivity index (χ3n) is 3.92. The first-order chi connectivity index (χ1) is 9.35. The maximum Gasteiger partial charge on any atom is 0.237 e. The van der Waals surface area contributed by atoms with E-state index >= 15 is 0 Å². The molecule has 1 aliphatic rings. The highest BCUT2D eigenvalue weighted by molar-refractivity contribution is 7.80. The maximum absolute atomic E-state index is 12.5. The highest BCUT2D eigenvalue weighted by atomic mass is 32.1. The van der Waals surface area contributed by atoms with E-state index in [1.54, 1.807) is 0 Å². The Kier molecular flexibility index (Phi) is 3.99. The van der Waals surface area contributed by atoms with Crippen molar-refractivity contribution < 1.29 is 4.79 Å². The van der Waals surface area contributed by atoms with E-state index in [1.807, 2.05) is 43.3 Å². The molecule has 0 spiro atoms. The Labute approximate surface area is 125 Å². The summed E-state index contributed by atoms with van der Waals surface area (Å²) >= 11 is 5.10. The first-order valence-corrected chi connectivity index (χ1v) is 7.15. The number of anilines is 2. The van der Waals surface area contributed by atoms with Crippen molar-refractivity contribution in [1.82, 2.24) is 0 Å². The molecule has 5 heteroatoms. The lowest BCUT2D eigenvalue weighted by atomic mass is 9.62. The lowest BCUT2D eigenvalue weighted by molar-refractivity contribution is -0.127. The molecule has 1 fully saturated rings. The summed E-state index contributed by atoms with van der Waals surface area (Å²) in [6.45, 7) is 2.11. The Hall–Kier alpha value is -1.62. The number of benzene rings is 1. The monoisotopic (exact) mass is 291 g/mol. The van der Waals surface area contributed by atoms with E-state index in [0.717, 1.165) is 24.2 Å². The second kappa shape index (κ2) is 5.40. The van der Waals surface area contributed by atoms with Crippen molar-refractivity contribution in [1.29, 1.82) is 0 Å². The van der Waals surface area contributed by atoms with Gasteiger partial charge in [0.2, 0.25) is 5.91 Å². The minimum Gasteiger partial charge on any atom is -0.392 e. The number of hydrogen-bond donors (Lipinski definition) is 2. The molecule has 1 saturated carbocycles. The van der Waals surface area contributed by atoms with Gasteiger partial charge in [-0.05, 0) is 37.0 Å². The SMILES string of the molecule is CC1CC(C(=O)Nc2cccc(N(C)C)c2)(C(N)=S)C1. The summed E-state index contributed by atoms with van der Waals surface area (Å²) in [6.07, 6.45) is 1.48. The lowest BCUT2D eigenvalue weighted by Gasteiger charge is -2.44. The summed E-state index contributed by atoms with van der Waals surface area (Å²) in [6, 6.07) is 7.72. The van der Waals surface area contributed by atoms with E-state index in [2.05, 4.69) is 12.2 Å². The molecule has 1 amide bonds. The molecular formula is C15H21N3OS. The number of nitrogens with two attached hydrogens (primary N) is 1. The Morgan fingerprint density at radius 2 is 2.10 bits per heavy atom. The van der Waals surface area contributed by atoms with Crippen molar-refractivity contribution in [2.45, 2.75) is 19.8 Å². The third-order valence-corrected chi connectivity index (χ3v) is 4.31. The Morgan fingerprint density at radius 3 is 2.60 bits per heavy atom. The highest BCUT2D eigenvalue weighted by Gasteiger charge is 2.50. The molecular weight excluding hydrogens is 270 g/mol. The van der Waals surface area contributed by atoms with Gasteiger partial charge in [-0.2, -0.15) is 0 Å². The molecule has 0 aliphatic heterocycles. The van der Waals surface area contributed by atoms with Crippen molar-refractivity contribution in [2.24, 2.45) is 17.1 Å². The fraction of sp³-hybridized carbons (Fsp3) is 0.467. The predicted molar refractivity (Wildman–Crippen MR) is 87.0 cm³/mol. The number of carbonyl (C=O) groups is 1. The fourth-order valence-electron chi connectivity index (χ4n) is 2.74. The normalized spacial score (nSPS) is 24.6. The molecule has 1 aliphatic carbocycles. The fourth-order valence-corrected chi connectivity index (χ4v) is 3.00. The average molecular weight is 291 g/mol. The third kappa shape index (κ3) is 2.63. The van der Waals surface area contributed by atoms with Crippen LogP contribution in [0.4, 0.5) is 11.4 Å². The number of thiocarbonyl (C=S) groups is 1. The van der Waals surface area contributed by atoms with E-state index in [-0.39, 0.29) is 5.91 Å². The van der Waals surface area contributed by atoms with Crippen LogP contribution in [0, 0.1) is 11.3 Å². The van der Waals surface area contributed by atoms with Crippen molar-refractivity contribution in [2.75, 3.05) is 24.3 Å². The molecule has 1 aromatic carbocycles. The van der Waals surface area contributed by atoms with Crippen LogP contribution in [0.1, 0.15) is 19.8 Å². The molecule has 0 unspecified atom stereocenters. The van der Waals surface area contributed by atoms with Crippen molar-refractivity contribution in [3.05, 3.63) is 24.3 Å². The van der Waals surface area contributed by atoms with Crippen LogP contribution in [0.3, 0.4) is 0 Å². The van der Waals surface area contributed by atoms with Crippen LogP contribution in [0.25, 0.3) is 0 Å². The molecule has 108 valence electrons. The summed E-state index contributed by atoms with van der Waals surface area (Å²) in [4.78, 5) is 14.8. The van der Waals surface area contributed by atoms with Crippen molar-refractivity contribution >= 4 is 34.5 Å². The van der Waals surface area contributed by atoms with Crippen LogP contribution in [0.2, 0.25) is 0 Å². The largest absolute Gasteiger partial charge is 0.392 e. The number of nitrogens with zero attached hydrogens (tertiary/aromatic N) is 1. The standard InChI is InChI=1S/C15H21N3OS/c1-10-8-15(9-10,13(16)20)14(19)17-11-5-4-6-12(7-11)18(2)3/h4-7,10H,8-9H2,1-3H3,(H2,16,20)(H,17,19). The minimum atomic E-state index is -0.664. The molecule has 20 heavy (non-hydrogen) atoms. The number of carbonyl (C=O) groups excluding carboxylic acids is 1. The molecule has 0 bridgehead atoms. The second-order valence-electron chi connectivity index (χ2n) is 5.86. The van der Waals surface area contributed by atoms with E-state index in [0.29, 0.717) is 10.9 Å². The highest BCUT2D eigenvalue weighted by Crippen LogP contribution is 2.46.